The van der Waals surface area contributed by atoms with Crippen LogP contribution in [0.15, 0.2) is 5.16 Å². The summed E-state index contributed by atoms with van der Waals surface area (Å²) in [6.45, 7) is 2.64. The third kappa shape index (κ3) is 2.83. The van der Waals surface area contributed by atoms with Crippen LogP contribution in [0.1, 0.15) is 24.5 Å². The van der Waals surface area contributed by atoms with Gasteiger partial charge in [0.1, 0.15) is 11.6 Å². The van der Waals surface area contributed by atoms with Crippen LogP contribution >= 0.6 is 11.8 Å². The highest BCUT2D eigenvalue weighted by atomic mass is 32.2. The van der Waals surface area contributed by atoms with Gasteiger partial charge in [0.25, 0.3) is 0 Å². The van der Waals surface area contributed by atoms with Gasteiger partial charge in [0.05, 0.1) is 12.3 Å². The number of nitrogens with one attached hydrogen (secondary N) is 1. The van der Waals surface area contributed by atoms with Gasteiger partial charge >= 0.3 is 0 Å². The molecule has 20 heavy (non-hydrogen) atoms. The first-order valence-electron chi connectivity index (χ1n) is 6.83. The molecule has 1 N–H and O–H groups in total. The van der Waals surface area contributed by atoms with Crippen molar-refractivity contribution in [3.05, 3.63) is 11.6 Å². The second kappa shape index (κ2) is 6.31. The summed E-state index contributed by atoms with van der Waals surface area (Å²) < 4.78 is 4.05. The molecule has 0 unspecified atom stereocenters. The van der Waals surface area contributed by atoms with Crippen LogP contribution in [0.5, 0.6) is 0 Å². The third-order valence-corrected chi connectivity index (χ3v) is 4.29. The SMILES string of the molecule is CNCCn1nnnc1SCc1nnc2n1CCCC2. The maximum atomic E-state index is 4.29. The van der Waals surface area contributed by atoms with Gasteiger partial charge in [-0.15, -0.1) is 15.3 Å². The smallest absolute Gasteiger partial charge is 0.209 e. The largest absolute Gasteiger partial charge is 0.318 e. The standard InChI is InChI=1S/C11H18N8S/c1-12-5-7-19-11(15-16-17-19)20-8-10-14-13-9-4-2-3-6-18(9)10/h12H,2-8H2,1H3. The lowest BCUT2D eigenvalue weighted by Crippen LogP contribution is -2.16. The van der Waals surface area contributed by atoms with Crippen LogP contribution in [0.4, 0.5) is 0 Å². The molecule has 0 atom stereocenters. The van der Waals surface area contributed by atoms with E-state index in [4.69, 9.17) is 0 Å². The zero-order valence-corrected chi connectivity index (χ0v) is 12.3. The first kappa shape index (κ1) is 13.5. The van der Waals surface area contributed by atoms with E-state index in [0.717, 1.165) is 48.6 Å². The van der Waals surface area contributed by atoms with Crippen LogP contribution in [0.3, 0.4) is 0 Å². The van der Waals surface area contributed by atoms with E-state index in [1.54, 1.807) is 11.8 Å². The molecule has 2 aromatic heterocycles. The Morgan fingerprint density at radius 2 is 2.20 bits per heavy atom. The fourth-order valence-electron chi connectivity index (χ4n) is 2.26. The van der Waals surface area contributed by atoms with Crippen molar-refractivity contribution < 1.29 is 0 Å². The highest BCUT2D eigenvalue weighted by Gasteiger charge is 2.16. The number of hydrogen-bond donors (Lipinski definition) is 1. The van der Waals surface area contributed by atoms with Crippen LogP contribution in [0.2, 0.25) is 0 Å². The van der Waals surface area contributed by atoms with Gasteiger partial charge < -0.3 is 9.88 Å². The van der Waals surface area contributed by atoms with Gasteiger partial charge in [-0.1, -0.05) is 11.8 Å². The Morgan fingerprint density at radius 3 is 3.10 bits per heavy atom. The molecule has 1 aliphatic heterocycles. The Balaban J connectivity index is 1.65. The molecule has 3 rings (SSSR count). The van der Waals surface area contributed by atoms with Gasteiger partial charge in [-0.25, -0.2) is 4.68 Å². The summed E-state index contributed by atoms with van der Waals surface area (Å²) in [6, 6.07) is 0. The molecule has 2 aromatic rings. The van der Waals surface area contributed by atoms with E-state index in [0.29, 0.717) is 0 Å². The lowest BCUT2D eigenvalue weighted by molar-refractivity contribution is 0.512. The van der Waals surface area contributed by atoms with Crippen LogP contribution in [-0.4, -0.2) is 48.6 Å². The lowest BCUT2D eigenvalue weighted by atomic mass is 10.2. The summed E-state index contributed by atoms with van der Waals surface area (Å²) in [6.07, 6.45) is 3.47. The highest BCUT2D eigenvalue weighted by Crippen LogP contribution is 2.21. The minimum Gasteiger partial charge on any atom is -0.318 e. The molecule has 0 fully saturated rings. The molecular formula is C11H18N8S. The van der Waals surface area contributed by atoms with E-state index in [1.807, 2.05) is 11.7 Å². The molecule has 3 heterocycles. The molecule has 1 aliphatic rings. The maximum Gasteiger partial charge on any atom is 0.209 e. The Morgan fingerprint density at radius 1 is 1.25 bits per heavy atom. The van der Waals surface area contributed by atoms with Crippen LogP contribution in [0.25, 0.3) is 0 Å². The molecule has 8 nitrogen and oxygen atoms in total. The molecular weight excluding hydrogens is 276 g/mol. The summed E-state index contributed by atoms with van der Waals surface area (Å²) in [4.78, 5) is 0. The number of tetrazole rings is 1. The van der Waals surface area contributed by atoms with Gasteiger partial charge in [0.15, 0.2) is 0 Å². The van der Waals surface area contributed by atoms with Crippen LogP contribution < -0.4 is 5.32 Å². The topological polar surface area (TPSA) is 86.3 Å². The predicted octanol–water partition coefficient (Wildman–Crippen LogP) is 0.113. The predicted molar refractivity (Wildman–Crippen MR) is 74.3 cm³/mol. The van der Waals surface area contributed by atoms with Crippen molar-refractivity contribution in [3.63, 3.8) is 0 Å². The van der Waals surface area contributed by atoms with Crippen LogP contribution in [-0.2, 0) is 25.3 Å². The summed E-state index contributed by atoms with van der Waals surface area (Å²) in [5.41, 5.74) is 0. The van der Waals surface area contributed by atoms with Gasteiger partial charge in [0, 0.05) is 19.5 Å². The summed E-state index contributed by atoms with van der Waals surface area (Å²) in [5, 5.41) is 24.3. The average molecular weight is 294 g/mol. The van der Waals surface area contributed by atoms with Crippen molar-refractivity contribution in [2.45, 2.75) is 43.3 Å². The van der Waals surface area contributed by atoms with E-state index in [9.17, 15) is 0 Å². The Labute approximate surface area is 121 Å². The van der Waals surface area contributed by atoms with E-state index >= 15 is 0 Å². The second-order valence-electron chi connectivity index (χ2n) is 4.72. The van der Waals surface area contributed by atoms with E-state index in [-0.39, 0.29) is 0 Å². The van der Waals surface area contributed by atoms with Crippen molar-refractivity contribution in [2.75, 3.05) is 13.6 Å². The number of likely N-dealkylation sites (N-methyl/N-ethyl adjacent to an activating group) is 1. The van der Waals surface area contributed by atoms with Gasteiger partial charge in [-0.05, 0) is 30.3 Å². The fraction of sp³-hybridized carbons (Fsp3) is 0.727. The Bertz CT molecular complexity index is 563. The zero-order valence-electron chi connectivity index (χ0n) is 11.5. The molecule has 0 saturated carbocycles. The Hall–Kier alpha value is -1.48. The quantitative estimate of drug-likeness (QED) is 0.757. The number of aromatic nitrogens is 7. The Kier molecular flexibility index (Phi) is 4.26. The second-order valence-corrected chi connectivity index (χ2v) is 5.66. The molecule has 0 bridgehead atoms. The van der Waals surface area contributed by atoms with E-state index in [2.05, 4.69) is 35.6 Å². The van der Waals surface area contributed by atoms with Gasteiger partial charge in [0.2, 0.25) is 5.16 Å². The average Bonchev–Trinajstić information content (AvgIpc) is 3.09. The number of fused-ring (bicyclic) bond motifs is 1. The first-order valence-corrected chi connectivity index (χ1v) is 7.81. The molecule has 0 amide bonds. The number of rotatable bonds is 6. The normalized spacial score (nSPS) is 14.4. The molecule has 0 aromatic carbocycles. The summed E-state index contributed by atoms with van der Waals surface area (Å²) in [5.74, 6) is 2.89. The molecule has 0 aliphatic carbocycles. The monoisotopic (exact) mass is 294 g/mol. The third-order valence-electron chi connectivity index (χ3n) is 3.34. The van der Waals surface area contributed by atoms with Crippen LogP contribution in [0, 0.1) is 0 Å². The molecule has 0 radical (unpaired) electrons. The van der Waals surface area contributed by atoms with Crippen molar-refractivity contribution in [3.8, 4) is 0 Å². The molecule has 0 saturated heterocycles. The van der Waals surface area contributed by atoms with Gasteiger partial charge in [-0.3, -0.25) is 0 Å². The van der Waals surface area contributed by atoms with Crippen molar-refractivity contribution in [2.24, 2.45) is 0 Å². The number of nitrogens with zero attached hydrogens (tertiary/aromatic N) is 7. The maximum absolute atomic E-state index is 4.29. The minimum atomic E-state index is 0.757. The van der Waals surface area contributed by atoms with E-state index < -0.39 is 0 Å². The number of aryl methyl sites for hydroxylation is 1. The van der Waals surface area contributed by atoms with Gasteiger partial charge in [-0.2, -0.15) is 0 Å². The fourth-order valence-corrected chi connectivity index (χ4v) is 3.11. The summed E-state index contributed by atoms with van der Waals surface area (Å²) >= 11 is 1.61. The lowest BCUT2D eigenvalue weighted by Gasteiger charge is -2.14. The highest BCUT2D eigenvalue weighted by molar-refractivity contribution is 7.98. The molecule has 9 heteroatoms. The summed E-state index contributed by atoms with van der Waals surface area (Å²) in [7, 11) is 1.92. The minimum absolute atomic E-state index is 0.757. The zero-order chi connectivity index (χ0) is 13.8. The molecule has 0 spiro atoms. The van der Waals surface area contributed by atoms with Crippen molar-refractivity contribution >= 4 is 11.8 Å². The van der Waals surface area contributed by atoms with E-state index in [1.165, 1.54) is 12.8 Å². The first-order chi connectivity index (χ1) is 9.88. The number of thioether (sulfide) groups is 1. The van der Waals surface area contributed by atoms with Crippen molar-refractivity contribution in [1.29, 1.82) is 0 Å². The number of hydrogen-bond acceptors (Lipinski definition) is 7. The van der Waals surface area contributed by atoms with Crippen molar-refractivity contribution in [1.82, 2.24) is 40.3 Å². The molecule has 108 valence electrons.